The number of piperidine rings is 1. The SMILES string of the molecule is CCOC(=O)C1CCN(C(=O)CN(C)C(=O)Cn2nc(C)c3ccccc3c2=O)CC1. The van der Waals surface area contributed by atoms with Crippen molar-refractivity contribution in [2.75, 3.05) is 33.3 Å². The minimum atomic E-state index is -0.376. The molecule has 0 saturated carbocycles. The Balaban J connectivity index is 1.58. The maximum absolute atomic E-state index is 12.7. The summed E-state index contributed by atoms with van der Waals surface area (Å²) in [4.78, 5) is 52.7. The van der Waals surface area contributed by atoms with Crippen LogP contribution in [0.15, 0.2) is 29.1 Å². The fourth-order valence-corrected chi connectivity index (χ4v) is 3.78. The number of ether oxygens (including phenoxy) is 1. The summed E-state index contributed by atoms with van der Waals surface area (Å²) in [7, 11) is 1.53. The second-order valence-corrected chi connectivity index (χ2v) is 7.75. The second kappa shape index (κ2) is 9.72. The highest BCUT2D eigenvalue weighted by atomic mass is 16.5. The molecule has 9 heteroatoms. The Morgan fingerprint density at radius 2 is 1.81 bits per heavy atom. The van der Waals surface area contributed by atoms with Crippen molar-refractivity contribution in [1.82, 2.24) is 19.6 Å². The molecule has 1 aliphatic heterocycles. The Morgan fingerprint density at radius 3 is 2.45 bits per heavy atom. The summed E-state index contributed by atoms with van der Waals surface area (Å²) in [6, 6.07) is 7.13. The Morgan fingerprint density at radius 1 is 1.16 bits per heavy atom. The highest BCUT2D eigenvalue weighted by molar-refractivity contribution is 5.86. The summed E-state index contributed by atoms with van der Waals surface area (Å²) in [6.07, 6.45) is 1.11. The Kier molecular flexibility index (Phi) is 7.04. The van der Waals surface area contributed by atoms with E-state index in [-0.39, 0.29) is 42.4 Å². The number of hydrogen-bond acceptors (Lipinski definition) is 6. The van der Waals surface area contributed by atoms with Crippen molar-refractivity contribution in [3.63, 3.8) is 0 Å². The van der Waals surface area contributed by atoms with E-state index in [1.54, 1.807) is 30.9 Å². The van der Waals surface area contributed by atoms with Crippen LogP contribution >= 0.6 is 0 Å². The fourth-order valence-electron chi connectivity index (χ4n) is 3.78. The number of carbonyl (C=O) groups is 3. The van der Waals surface area contributed by atoms with Gasteiger partial charge in [0.1, 0.15) is 6.54 Å². The molecule has 0 unspecified atom stereocenters. The van der Waals surface area contributed by atoms with Crippen LogP contribution < -0.4 is 5.56 Å². The van der Waals surface area contributed by atoms with Crippen molar-refractivity contribution in [3.05, 3.63) is 40.3 Å². The van der Waals surface area contributed by atoms with Gasteiger partial charge in [-0.1, -0.05) is 18.2 Å². The van der Waals surface area contributed by atoms with Gasteiger partial charge in [-0.3, -0.25) is 19.2 Å². The van der Waals surface area contributed by atoms with E-state index in [4.69, 9.17) is 4.74 Å². The monoisotopic (exact) mass is 428 g/mol. The average Bonchev–Trinajstić information content (AvgIpc) is 2.77. The summed E-state index contributed by atoms with van der Waals surface area (Å²) in [5.74, 6) is -0.963. The van der Waals surface area contributed by atoms with Crippen molar-refractivity contribution in [1.29, 1.82) is 0 Å². The first-order valence-corrected chi connectivity index (χ1v) is 10.5. The van der Waals surface area contributed by atoms with Gasteiger partial charge in [0, 0.05) is 25.5 Å². The molecule has 166 valence electrons. The van der Waals surface area contributed by atoms with Crippen LogP contribution in [0.4, 0.5) is 0 Å². The largest absolute Gasteiger partial charge is 0.466 e. The normalized spacial score (nSPS) is 14.5. The molecule has 9 nitrogen and oxygen atoms in total. The lowest BCUT2D eigenvalue weighted by molar-refractivity contribution is -0.151. The molecule has 31 heavy (non-hydrogen) atoms. The topological polar surface area (TPSA) is 102 Å². The molecule has 0 N–H and O–H groups in total. The van der Waals surface area contributed by atoms with Crippen molar-refractivity contribution >= 4 is 28.6 Å². The van der Waals surface area contributed by atoms with Gasteiger partial charge in [0.05, 0.1) is 30.1 Å². The minimum absolute atomic E-state index is 0.0930. The van der Waals surface area contributed by atoms with Gasteiger partial charge >= 0.3 is 5.97 Å². The van der Waals surface area contributed by atoms with Gasteiger partial charge in [0.25, 0.3) is 5.56 Å². The van der Waals surface area contributed by atoms with Gasteiger partial charge < -0.3 is 14.5 Å². The lowest BCUT2D eigenvalue weighted by Crippen LogP contribution is -2.46. The van der Waals surface area contributed by atoms with Crippen LogP contribution in [0.2, 0.25) is 0 Å². The fraction of sp³-hybridized carbons (Fsp3) is 0.500. The van der Waals surface area contributed by atoms with Crippen LogP contribution in [-0.4, -0.2) is 70.7 Å². The zero-order valence-electron chi connectivity index (χ0n) is 18.2. The molecule has 1 aromatic carbocycles. The number of likely N-dealkylation sites (N-methyl/N-ethyl adjacent to an activating group) is 1. The predicted molar refractivity (Wildman–Crippen MR) is 114 cm³/mol. The second-order valence-electron chi connectivity index (χ2n) is 7.75. The Labute approximate surface area is 180 Å². The Hall–Kier alpha value is -3.23. The number of rotatable bonds is 6. The quantitative estimate of drug-likeness (QED) is 0.636. The van der Waals surface area contributed by atoms with E-state index in [9.17, 15) is 19.2 Å². The smallest absolute Gasteiger partial charge is 0.309 e. The third kappa shape index (κ3) is 5.10. The zero-order valence-corrected chi connectivity index (χ0v) is 18.2. The maximum atomic E-state index is 12.7. The molecule has 0 atom stereocenters. The first-order chi connectivity index (χ1) is 14.8. The van der Waals surface area contributed by atoms with E-state index in [1.807, 2.05) is 12.1 Å². The standard InChI is InChI=1S/C22H28N4O5/c1-4-31-22(30)16-9-11-25(12-10-16)20(28)13-24(3)19(27)14-26-21(29)18-8-6-5-7-17(18)15(2)23-26/h5-8,16H,4,9-14H2,1-3H3. The number of fused-ring (bicyclic) bond motifs is 1. The number of esters is 1. The lowest BCUT2D eigenvalue weighted by Gasteiger charge is -2.32. The highest BCUT2D eigenvalue weighted by Gasteiger charge is 2.29. The molecule has 0 radical (unpaired) electrons. The molecule has 1 saturated heterocycles. The van der Waals surface area contributed by atoms with E-state index in [0.717, 1.165) is 10.1 Å². The van der Waals surface area contributed by atoms with E-state index >= 15 is 0 Å². The number of aromatic nitrogens is 2. The summed E-state index contributed by atoms with van der Waals surface area (Å²) < 4.78 is 6.19. The summed E-state index contributed by atoms with van der Waals surface area (Å²) in [5.41, 5.74) is 0.321. The predicted octanol–water partition coefficient (Wildman–Crippen LogP) is 0.965. The molecule has 1 aliphatic rings. The number of benzene rings is 1. The number of aryl methyl sites for hydroxylation is 1. The summed E-state index contributed by atoms with van der Waals surface area (Å²) >= 11 is 0. The number of nitrogens with zero attached hydrogens (tertiary/aromatic N) is 4. The number of carbonyl (C=O) groups excluding carboxylic acids is 3. The van der Waals surface area contributed by atoms with Gasteiger partial charge in [-0.15, -0.1) is 0 Å². The molecule has 0 spiro atoms. The van der Waals surface area contributed by atoms with Gasteiger partial charge in [-0.25, -0.2) is 4.68 Å². The van der Waals surface area contributed by atoms with Crippen molar-refractivity contribution in [3.8, 4) is 0 Å². The molecule has 2 amide bonds. The van der Waals surface area contributed by atoms with Crippen LogP contribution in [0.1, 0.15) is 25.5 Å². The van der Waals surface area contributed by atoms with Crippen LogP contribution in [0, 0.1) is 12.8 Å². The van der Waals surface area contributed by atoms with Gasteiger partial charge in [0.15, 0.2) is 0 Å². The maximum Gasteiger partial charge on any atom is 0.309 e. The average molecular weight is 428 g/mol. The molecule has 0 bridgehead atoms. The molecule has 1 aromatic heterocycles. The van der Waals surface area contributed by atoms with Crippen LogP contribution in [0.3, 0.4) is 0 Å². The third-order valence-corrected chi connectivity index (χ3v) is 5.60. The number of amides is 2. The van der Waals surface area contributed by atoms with Gasteiger partial charge in [-0.05, 0) is 32.8 Å². The molecule has 3 rings (SSSR count). The van der Waals surface area contributed by atoms with E-state index < -0.39 is 0 Å². The highest BCUT2D eigenvalue weighted by Crippen LogP contribution is 2.19. The Bertz CT molecular complexity index is 1040. The molecule has 1 fully saturated rings. The first kappa shape index (κ1) is 22.5. The van der Waals surface area contributed by atoms with E-state index in [2.05, 4.69) is 5.10 Å². The van der Waals surface area contributed by atoms with E-state index in [1.165, 1.54) is 11.9 Å². The lowest BCUT2D eigenvalue weighted by atomic mass is 9.97. The van der Waals surface area contributed by atoms with Gasteiger partial charge in [-0.2, -0.15) is 5.10 Å². The van der Waals surface area contributed by atoms with E-state index in [0.29, 0.717) is 43.6 Å². The van der Waals surface area contributed by atoms with Crippen molar-refractivity contribution < 1.29 is 19.1 Å². The number of hydrogen-bond donors (Lipinski definition) is 0. The first-order valence-electron chi connectivity index (χ1n) is 10.5. The van der Waals surface area contributed by atoms with Crippen LogP contribution in [0.5, 0.6) is 0 Å². The summed E-state index contributed by atoms with van der Waals surface area (Å²) in [6.45, 7) is 4.48. The molecule has 2 aromatic rings. The third-order valence-electron chi connectivity index (χ3n) is 5.60. The molecule has 0 aliphatic carbocycles. The van der Waals surface area contributed by atoms with Crippen LogP contribution in [0.25, 0.3) is 10.8 Å². The van der Waals surface area contributed by atoms with Crippen LogP contribution in [-0.2, 0) is 25.7 Å². The molecular formula is C22H28N4O5. The van der Waals surface area contributed by atoms with Crippen molar-refractivity contribution in [2.45, 2.75) is 33.2 Å². The van der Waals surface area contributed by atoms with Gasteiger partial charge in [0.2, 0.25) is 11.8 Å². The minimum Gasteiger partial charge on any atom is -0.466 e. The molecule has 2 heterocycles. The number of likely N-dealkylation sites (tertiary alicyclic amines) is 1. The zero-order chi connectivity index (χ0) is 22.5. The molecular weight excluding hydrogens is 400 g/mol. The van der Waals surface area contributed by atoms with Crippen molar-refractivity contribution in [2.24, 2.45) is 5.92 Å². The summed E-state index contributed by atoms with van der Waals surface area (Å²) in [5, 5.41) is 5.51.